The summed E-state index contributed by atoms with van der Waals surface area (Å²) < 4.78 is 11.9. The molecule has 0 heterocycles. The lowest BCUT2D eigenvalue weighted by Crippen LogP contribution is -1.87. The van der Waals surface area contributed by atoms with Gasteiger partial charge in [0.15, 0.2) is 0 Å². The monoisotopic (exact) mass is 179 g/mol. The van der Waals surface area contributed by atoms with E-state index in [0.29, 0.717) is 17.5 Å². The predicted molar refractivity (Wildman–Crippen MR) is 55.6 cm³/mol. The Balaban J connectivity index is 4.48. The average Bonchev–Trinajstić information content (AvgIpc) is 2.16. The Labute approximate surface area is 78.4 Å². The molecule has 13 heavy (non-hydrogen) atoms. The largest absolute Gasteiger partial charge is 0.404 e. The predicted octanol–water partition coefficient (Wildman–Crippen LogP) is 3.00. The Kier molecular flexibility index (Phi) is 5.28. The lowest BCUT2D eigenvalue weighted by Gasteiger charge is -1.98. The van der Waals surface area contributed by atoms with Crippen LogP contribution in [0, 0.1) is 0 Å². The van der Waals surface area contributed by atoms with Gasteiger partial charge in [-0.05, 0) is 23.6 Å². The van der Waals surface area contributed by atoms with Gasteiger partial charge < -0.3 is 5.73 Å². The summed E-state index contributed by atoms with van der Waals surface area (Å²) in [6.45, 7) is 8.97. The summed E-state index contributed by atoms with van der Waals surface area (Å²) in [5.41, 5.74) is 7.28. The molecule has 0 aromatic rings. The van der Waals surface area contributed by atoms with Gasteiger partial charge in [0.25, 0.3) is 0 Å². The van der Waals surface area contributed by atoms with Crippen LogP contribution in [0.3, 0.4) is 0 Å². The number of hydrogen-bond acceptors (Lipinski definition) is 1. The molecule has 0 spiro atoms. The minimum absolute atomic E-state index is 0.529. The van der Waals surface area contributed by atoms with Crippen molar-refractivity contribution in [3.05, 3.63) is 60.6 Å². The normalized spacial score (nSPS) is 13.4. The van der Waals surface area contributed by atoms with Gasteiger partial charge in [0.2, 0.25) is 0 Å². The summed E-state index contributed by atoms with van der Waals surface area (Å²) in [4.78, 5) is 0. The molecule has 0 unspecified atom stereocenters. The van der Waals surface area contributed by atoms with Crippen molar-refractivity contribution in [1.82, 2.24) is 0 Å². The smallest absolute Gasteiger partial charge is 0.0896 e. The van der Waals surface area contributed by atoms with Crippen molar-refractivity contribution in [2.45, 2.75) is 6.92 Å². The minimum Gasteiger partial charge on any atom is -0.404 e. The third-order valence-electron chi connectivity index (χ3n) is 1.49. The Hall–Kier alpha value is -1.57. The van der Waals surface area contributed by atoms with E-state index in [0.717, 1.165) is 5.57 Å². The molecule has 0 atom stereocenters. The van der Waals surface area contributed by atoms with Crippen LogP contribution in [0.2, 0.25) is 0 Å². The molecule has 0 aliphatic rings. The van der Waals surface area contributed by atoms with E-state index in [-0.39, 0.29) is 0 Å². The molecular formula is C11H14FN. The fourth-order valence-electron chi connectivity index (χ4n) is 0.671. The van der Waals surface area contributed by atoms with Gasteiger partial charge in [-0.3, -0.25) is 0 Å². The maximum Gasteiger partial charge on any atom is 0.0896 e. The van der Waals surface area contributed by atoms with Crippen LogP contribution in [0.5, 0.6) is 0 Å². The second kappa shape index (κ2) is 6.00. The van der Waals surface area contributed by atoms with Crippen LogP contribution in [-0.2, 0) is 0 Å². The molecule has 0 saturated carbocycles. The highest BCUT2D eigenvalue weighted by Gasteiger charge is 1.92. The maximum absolute atomic E-state index is 11.9. The highest BCUT2D eigenvalue weighted by molar-refractivity contribution is 5.44. The van der Waals surface area contributed by atoms with Crippen LogP contribution in [0.25, 0.3) is 0 Å². The third kappa shape index (κ3) is 4.11. The van der Waals surface area contributed by atoms with Crippen molar-refractivity contribution in [2.24, 2.45) is 5.73 Å². The molecule has 0 radical (unpaired) electrons. The van der Waals surface area contributed by atoms with Crippen molar-refractivity contribution in [2.75, 3.05) is 0 Å². The number of hydrogen-bond donors (Lipinski definition) is 1. The van der Waals surface area contributed by atoms with Gasteiger partial charge in [0.1, 0.15) is 0 Å². The first-order chi connectivity index (χ1) is 6.15. The fraction of sp³-hybridized carbons (Fsp3) is 0.0909. The SMILES string of the molecule is C=C/C(=C\N)C(=C)/C=C\C(C)=C/F. The lowest BCUT2D eigenvalue weighted by molar-refractivity contribution is 0.713. The second-order valence-electron chi connectivity index (χ2n) is 2.54. The number of halogens is 1. The Morgan fingerprint density at radius 1 is 1.38 bits per heavy atom. The molecule has 0 saturated heterocycles. The molecule has 0 aromatic heterocycles. The van der Waals surface area contributed by atoms with Crippen LogP contribution >= 0.6 is 0 Å². The molecular weight excluding hydrogens is 165 g/mol. The van der Waals surface area contributed by atoms with E-state index in [2.05, 4.69) is 13.2 Å². The Morgan fingerprint density at radius 3 is 2.38 bits per heavy atom. The first kappa shape index (κ1) is 11.4. The van der Waals surface area contributed by atoms with E-state index in [4.69, 9.17) is 5.73 Å². The summed E-state index contributed by atoms with van der Waals surface area (Å²) in [7, 11) is 0. The maximum atomic E-state index is 11.9. The van der Waals surface area contributed by atoms with Gasteiger partial charge in [-0.15, -0.1) is 0 Å². The molecule has 0 bridgehead atoms. The summed E-state index contributed by atoms with van der Waals surface area (Å²) in [5.74, 6) is 0. The molecule has 0 rings (SSSR count). The van der Waals surface area contributed by atoms with Crippen molar-refractivity contribution >= 4 is 0 Å². The molecule has 1 nitrogen and oxygen atoms in total. The summed E-state index contributed by atoms with van der Waals surface area (Å²) in [5, 5.41) is 0. The molecule has 0 amide bonds. The van der Waals surface area contributed by atoms with Crippen molar-refractivity contribution in [1.29, 1.82) is 0 Å². The molecule has 2 N–H and O–H groups in total. The van der Waals surface area contributed by atoms with E-state index in [1.165, 1.54) is 6.20 Å². The van der Waals surface area contributed by atoms with Crippen LogP contribution in [-0.4, -0.2) is 0 Å². The van der Waals surface area contributed by atoms with Gasteiger partial charge in [-0.1, -0.05) is 31.4 Å². The summed E-state index contributed by atoms with van der Waals surface area (Å²) in [6, 6.07) is 0. The van der Waals surface area contributed by atoms with Gasteiger partial charge in [0, 0.05) is 6.20 Å². The lowest BCUT2D eigenvalue weighted by atomic mass is 10.1. The van der Waals surface area contributed by atoms with Gasteiger partial charge in [-0.2, -0.15) is 0 Å². The molecule has 0 fully saturated rings. The zero-order chi connectivity index (χ0) is 10.3. The standard InChI is InChI=1S/C11H14FN/c1-4-11(8-13)10(3)6-5-9(2)7-12/h4-8H,1,3,13H2,2H3/b6-5-,9-7-,11-8+. The molecule has 0 aliphatic carbocycles. The van der Waals surface area contributed by atoms with E-state index in [9.17, 15) is 4.39 Å². The third-order valence-corrected chi connectivity index (χ3v) is 1.49. The first-order valence-corrected chi connectivity index (χ1v) is 3.84. The van der Waals surface area contributed by atoms with Gasteiger partial charge in [0.05, 0.1) is 6.33 Å². The van der Waals surface area contributed by atoms with Crippen LogP contribution < -0.4 is 5.73 Å². The highest BCUT2D eigenvalue weighted by Crippen LogP contribution is 2.10. The zero-order valence-corrected chi connectivity index (χ0v) is 7.76. The van der Waals surface area contributed by atoms with Crippen LogP contribution in [0.4, 0.5) is 4.39 Å². The van der Waals surface area contributed by atoms with E-state index in [1.54, 1.807) is 25.2 Å². The molecule has 70 valence electrons. The van der Waals surface area contributed by atoms with Crippen LogP contribution in [0.15, 0.2) is 60.6 Å². The fourth-order valence-corrected chi connectivity index (χ4v) is 0.671. The second-order valence-corrected chi connectivity index (χ2v) is 2.54. The van der Waals surface area contributed by atoms with Gasteiger partial charge >= 0.3 is 0 Å². The van der Waals surface area contributed by atoms with E-state index >= 15 is 0 Å². The molecule has 2 heteroatoms. The average molecular weight is 179 g/mol. The molecule has 0 aliphatic heterocycles. The molecule has 0 aromatic carbocycles. The summed E-state index contributed by atoms with van der Waals surface area (Å²) in [6.07, 6.45) is 6.85. The van der Waals surface area contributed by atoms with Crippen molar-refractivity contribution < 1.29 is 4.39 Å². The Bertz CT molecular complexity index is 282. The van der Waals surface area contributed by atoms with Gasteiger partial charge in [-0.25, -0.2) is 4.39 Å². The van der Waals surface area contributed by atoms with E-state index < -0.39 is 0 Å². The topological polar surface area (TPSA) is 26.0 Å². The zero-order valence-electron chi connectivity index (χ0n) is 7.76. The highest BCUT2D eigenvalue weighted by atomic mass is 19.1. The number of allylic oxidation sites excluding steroid dienone is 6. The minimum atomic E-state index is 0.529. The van der Waals surface area contributed by atoms with Crippen LogP contribution in [0.1, 0.15) is 6.92 Å². The quantitative estimate of drug-likeness (QED) is 0.659. The van der Waals surface area contributed by atoms with Crippen molar-refractivity contribution in [3.63, 3.8) is 0 Å². The van der Waals surface area contributed by atoms with E-state index in [1.807, 2.05) is 0 Å². The number of nitrogens with two attached hydrogens (primary N) is 1. The first-order valence-electron chi connectivity index (χ1n) is 3.84. The Morgan fingerprint density at radius 2 is 2.00 bits per heavy atom. The number of rotatable bonds is 4. The summed E-state index contributed by atoms with van der Waals surface area (Å²) >= 11 is 0. The van der Waals surface area contributed by atoms with Crippen molar-refractivity contribution in [3.8, 4) is 0 Å².